The maximum Gasteiger partial charge on any atom is 0.286 e. The molecule has 0 bridgehead atoms. The van der Waals surface area contributed by atoms with Crippen LogP contribution in [0.25, 0.3) is 0 Å². The molecule has 1 heterocycles. The summed E-state index contributed by atoms with van der Waals surface area (Å²) >= 11 is 1.10. The van der Waals surface area contributed by atoms with Crippen molar-refractivity contribution in [3.63, 3.8) is 0 Å². The Kier molecular flexibility index (Phi) is 5.42. The van der Waals surface area contributed by atoms with Gasteiger partial charge >= 0.3 is 0 Å². The maximum absolute atomic E-state index is 10.8. The van der Waals surface area contributed by atoms with Gasteiger partial charge in [-0.3, -0.25) is 14.9 Å². The van der Waals surface area contributed by atoms with Gasteiger partial charge in [0, 0.05) is 29.6 Å². The van der Waals surface area contributed by atoms with Crippen LogP contribution in [0.5, 0.6) is 0 Å². The van der Waals surface area contributed by atoms with Crippen molar-refractivity contribution in [1.82, 2.24) is 5.32 Å². The van der Waals surface area contributed by atoms with Gasteiger partial charge in [-0.15, -0.1) is 0 Å². The van der Waals surface area contributed by atoms with Gasteiger partial charge in [0.2, 0.25) is 5.91 Å². The van der Waals surface area contributed by atoms with Gasteiger partial charge in [0.25, 0.3) is 5.24 Å². The summed E-state index contributed by atoms with van der Waals surface area (Å²) in [5, 5.41) is 1.90. The summed E-state index contributed by atoms with van der Waals surface area (Å²) in [5.74, 6) is -0.128. The van der Waals surface area contributed by atoms with Crippen LogP contribution in [0.4, 0.5) is 4.79 Å². The number of rotatable bonds is 2. The summed E-state index contributed by atoms with van der Waals surface area (Å²) in [6.07, 6.45) is 1.74. The molecule has 0 aliphatic carbocycles. The zero-order valence-electron chi connectivity index (χ0n) is 6.72. The van der Waals surface area contributed by atoms with Crippen LogP contribution in [0.15, 0.2) is 0 Å². The Bertz CT molecular complexity index is 174. The first-order valence-electron chi connectivity index (χ1n) is 3.25. The van der Waals surface area contributed by atoms with Crippen molar-refractivity contribution in [3.8, 4) is 0 Å². The van der Waals surface area contributed by atoms with Crippen LogP contribution in [0.3, 0.4) is 0 Å². The monoisotopic (exact) mass is 182 g/mol. The third kappa shape index (κ3) is 3.15. The summed E-state index contributed by atoms with van der Waals surface area (Å²) in [6, 6.07) is 0. The van der Waals surface area contributed by atoms with Crippen molar-refractivity contribution in [2.45, 2.75) is 25.0 Å². The molecule has 5 heteroatoms. The van der Waals surface area contributed by atoms with E-state index in [4.69, 9.17) is 0 Å². The Labute approximate surface area is 92.0 Å². The molecule has 1 aliphatic rings. The summed E-state index contributed by atoms with van der Waals surface area (Å²) < 4.78 is 0. The van der Waals surface area contributed by atoms with Gasteiger partial charge in [0.05, 0.1) is 5.25 Å². The van der Waals surface area contributed by atoms with Gasteiger partial charge in [-0.25, -0.2) is 0 Å². The number of amides is 2. The molecule has 1 N–H and O–H groups in total. The fourth-order valence-electron chi connectivity index (χ4n) is 0.845. The van der Waals surface area contributed by atoms with E-state index in [9.17, 15) is 9.59 Å². The van der Waals surface area contributed by atoms with Gasteiger partial charge < -0.3 is 0 Å². The molecule has 57 valence electrons. The average molecular weight is 182 g/mol. The van der Waals surface area contributed by atoms with E-state index in [1.54, 1.807) is 0 Å². The minimum atomic E-state index is -0.205. The molecule has 2 amide bonds. The van der Waals surface area contributed by atoms with Crippen molar-refractivity contribution in [2.75, 3.05) is 0 Å². The summed E-state index contributed by atoms with van der Waals surface area (Å²) in [4.78, 5) is 21.4. The molecule has 3 nitrogen and oxygen atoms in total. The predicted octanol–water partition coefficient (Wildman–Crippen LogP) is 0.757. The van der Waals surface area contributed by atoms with E-state index >= 15 is 0 Å². The minimum Gasteiger partial charge on any atom is -0.286 e. The Balaban J connectivity index is 0.000001000. The molecule has 1 rings (SSSR count). The molecule has 1 saturated heterocycles. The number of hydrogen-bond donors (Lipinski definition) is 1. The number of carbonyl (C=O) groups excluding carboxylic acids is 2. The van der Waals surface area contributed by atoms with Crippen LogP contribution < -0.4 is 5.32 Å². The molecule has 0 aromatic rings. The standard InChI is InChI=1S/C6H9NO2S.Na/c1-2-3-4-5(8)7-6(9)10-4;/h4H,2-3H2,1H3,(H,7,8,9);. The number of carbonyl (C=O) groups is 2. The van der Waals surface area contributed by atoms with Crippen LogP contribution in [0.1, 0.15) is 19.8 Å². The van der Waals surface area contributed by atoms with E-state index < -0.39 is 0 Å². The van der Waals surface area contributed by atoms with Gasteiger partial charge in [-0.2, -0.15) is 0 Å². The first kappa shape index (κ1) is 11.5. The second kappa shape index (κ2) is 5.19. The maximum atomic E-state index is 10.8. The molecule has 1 atom stereocenters. The van der Waals surface area contributed by atoms with Crippen LogP contribution in [0.2, 0.25) is 0 Å². The van der Waals surface area contributed by atoms with Crippen LogP contribution >= 0.6 is 11.8 Å². The van der Waals surface area contributed by atoms with Crippen molar-refractivity contribution in [3.05, 3.63) is 0 Å². The third-order valence-corrected chi connectivity index (χ3v) is 2.37. The molecule has 1 unspecified atom stereocenters. The molecule has 0 saturated carbocycles. The number of nitrogens with one attached hydrogen (secondary N) is 1. The topological polar surface area (TPSA) is 46.2 Å². The molecule has 11 heavy (non-hydrogen) atoms. The van der Waals surface area contributed by atoms with E-state index in [2.05, 4.69) is 5.32 Å². The molecule has 0 aromatic carbocycles. The van der Waals surface area contributed by atoms with Crippen LogP contribution in [0, 0.1) is 0 Å². The second-order valence-electron chi connectivity index (χ2n) is 2.17. The van der Waals surface area contributed by atoms with Gasteiger partial charge in [0.15, 0.2) is 0 Å². The van der Waals surface area contributed by atoms with Gasteiger partial charge in [-0.1, -0.05) is 25.1 Å². The zero-order chi connectivity index (χ0) is 7.56. The van der Waals surface area contributed by atoms with Gasteiger partial charge in [-0.05, 0) is 6.42 Å². The summed E-state index contributed by atoms with van der Waals surface area (Å²) in [5.41, 5.74) is 0. The zero-order valence-corrected chi connectivity index (χ0v) is 9.53. The summed E-state index contributed by atoms with van der Waals surface area (Å²) in [6.45, 7) is 2.00. The Morgan fingerprint density at radius 2 is 2.18 bits per heavy atom. The Morgan fingerprint density at radius 1 is 1.55 bits per heavy atom. The van der Waals surface area contributed by atoms with Crippen molar-refractivity contribution >= 4 is 52.5 Å². The van der Waals surface area contributed by atoms with Crippen molar-refractivity contribution in [2.24, 2.45) is 0 Å². The smallest absolute Gasteiger partial charge is 0.286 e. The molecule has 1 aliphatic heterocycles. The fraction of sp³-hybridized carbons (Fsp3) is 0.667. The SMILES string of the molecule is CCCC1SC(=O)NC1=O.[Na]. The first-order valence-corrected chi connectivity index (χ1v) is 4.13. The molecule has 1 radical (unpaired) electrons. The van der Waals surface area contributed by atoms with E-state index in [0.29, 0.717) is 0 Å². The van der Waals surface area contributed by atoms with E-state index in [1.807, 2.05) is 6.92 Å². The number of thioether (sulfide) groups is 1. The van der Waals surface area contributed by atoms with E-state index in [-0.39, 0.29) is 46.0 Å². The number of imide groups is 1. The summed E-state index contributed by atoms with van der Waals surface area (Å²) in [7, 11) is 0. The minimum absolute atomic E-state index is 0. The molecule has 1 fully saturated rings. The normalized spacial score (nSPS) is 22.8. The predicted molar refractivity (Wildman–Crippen MR) is 45.6 cm³/mol. The first-order chi connectivity index (χ1) is 4.74. The van der Waals surface area contributed by atoms with Crippen molar-refractivity contribution in [1.29, 1.82) is 0 Å². The molecule has 0 aromatic heterocycles. The quantitative estimate of drug-likeness (QED) is 0.641. The van der Waals surface area contributed by atoms with Crippen LogP contribution in [-0.4, -0.2) is 46.0 Å². The Hall–Kier alpha value is 0.490. The average Bonchev–Trinajstić information content (AvgIpc) is 2.13. The molecular formula is C6H9NNaO2S. The second-order valence-corrected chi connectivity index (χ2v) is 3.35. The molecular weight excluding hydrogens is 173 g/mol. The fourth-order valence-corrected chi connectivity index (χ4v) is 1.78. The molecule has 0 spiro atoms. The van der Waals surface area contributed by atoms with E-state index in [0.717, 1.165) is 24.6 Å². The van der Waals surface area contributed by atoms with Crippen LogP contribution in [-0.2, 0) is 4.79 Å². The van der Waals surface area contributed by atoms with Gasteiger partial charge in [0.1, 0.15) is 0 Å². The number of hydrogen-bond acceptors (Lipinski definition) is 3. The van der Waals surface area contributed by atoms with E-state index in [1.165, 1.54) is 0 Å². The Morgan fingerprint density at radius 3 is 2.55 bits per heavy atom. The largest absolute Gasteiger partial charge is 0.286 e. The van der Waals surface area contributed by atoms with Crippen molar-refractivity contribution < 1.29 is 9.59 Å². The third-order valence-electron chi connectivity index (χ3n) is 1.32.